The third kappa shape index (κ3) is 5.01. The van der Waals surface area contributed by atoms with Crippen molar-refractivity contribution in [3.63, 3.8) is 0 Å². The van der Waals surface area contributed by atoms with Crippen LogP contribution in [0.15, 0.2) is 60.9 Å². The molecule has 9 heteroatoms. The molecule has 1 N–H and O–H groups in total. The molecule has 0 saturated carbocycles. The molecule has 0 radical (unpaired) electrons. The first kappa shape index (κ1) is 22.0. The van der Waals surface area contributed by atoms with Gasteiger partial charge in [0, 0.05) is 19.2 Å². The standard InChI is InChI=1S/C24H18F3N5O/c1-33-22-14-29-20-8-5-17(19(11-28)23(20)32-22)10-16-4-9-21(31-13-16)30-12-15-2-6-18(7-3-15)24(25,26)27/h2-9,13-14H,10,12H2,1H3,(H,30,31). The second-order valence-corrected chi connectivity index (χ2v) is 7.27. The van der Waals surface area contributed by atoms with Crippen LogP contribution >= 0.6 is 0 Å². The molecule has 2 aromatic carbocycles. The first-order valence-corrected chi connectivity index (χ1v) is 9.95. The Kier molecular flexibility index (Phi) is 6.09. The number of fused-ring (bicyclic) bond motifs is 1. The number of nitriles is 1. The molecular formula is C24H18F3N5O. The van der Waals surface area contributed by atoms with Crippen LogP contribution in [-0.4, -0.2) is 22.1 Å². The average molecular weight is 449 g/mol. The summed E-state index contributed by atoms with van der Waals surface area (Å²) in [7, 11) is 1.49. The minimum absolute atomic E-state index is 0.335. The molecule has 4 aromatic rings. The maximum absolute atomic E-state index is 12.7. The predicted octanol–water partition coefficient (Wildman–Crippen LogP) is 5.13. The molecule has 33 heavy (non-hydrogen) atoms. The Morgan fingerprint density at radius 1 is 0.970 bits per heavy atom. The van der Waals surface area contributed by atoms with Crippen LogP contribution in [0.5, 0.6) is 5.88 Å². The number of aromatic nitrogens is 3. The van der Waals surface area contributed by atoms with Crippen LogP contribution in [0.2, 0.25) is 0 Å². The van der Waals surface area contributed by atoms with E-state index in [2.05, 4.69) is 26.3 Å². The van der Waals surface area contributed by atoms with Crippen LogP contribution in [0, 0.1) is 11.3 Å². The van der Waals surface area contributed by atoms with E-state index in [1.54, 1.807) is 12.3 Å². The molecule has 0 atom stereocenters. The first-order valence-electron chi connectivity index (χ1n) is 9.95. The van der Waals surface area contributed by atoms with E-state index in [0.29, 0.717) is 46.8 Å². The number of benzene rings is 2. The van der Waals surface area contributed by atoms with E-state index in [1.807, 2.05) is 18.2 Å². The summed E-state index contributed by atoms with van der Waals surface area (Å²) in [4.78, 5) is 13.0. The topological polar surface area (TPSA) is 83.7 Å². The number of rotatable bonds is 6. The van der Waals surface area contributed by atoms with Crippen LogP contribution in [0.1, 0.15) is 27.8 Å². The molecule has 6 nitrogen and oxygen atoms in total. The van der Waals surface area contributed by atoms with Crippen molar-refractivity contribution in [3.8, 4) is 11.9 Å². The van der Waals surface area contributed by atoms with E-state index in [4.69, 9.17) is 4.74 Å². The minimum atomic E-state index is -4.35. The van der Waals surface area contributed by atoms with E-state index in [0.717, 1.165) is 23.3 Å². The maximum atomic E-state index is 12.7. The third-order valence-electron chi connectivity index (χ3n) is 5.07. The van der Waals surface area contributed by atoms with Crippen molar-refractivity contribution in [2.75, 3.05) is 12.4 Å². The molecule has 0 saturated heterocycles. The maximum Gasteiger partial charge on any atom is 0.416 e. The van der Waals surface area contributed by atoms with Gasteiger partial charge in [-0.05, 0) is 41.0 Å². The van der Waals surface area contributed by atoms with Gasteiger partial charge in [0.1, 0.15) is 17.4 Å². The largest absolute Gasteiger partial charge is 0.480 e. The van der Waals surface area contributed by atoms with Gasteiger partial charge in [0.15, 0.2) is 0 Å². The molecule has 4 rings (SSSR count). The lowest BCUT2D eigenvalue weighted by Gasteiger charge is -2.10. The van der Waals surface area contributed by atoms with Gasteiger partial charge in [-0.25, -0.2) is 15.0 Å². The molecule has 166 valence electrons. The summed E-state index contributed by atoms with van der Waals surface area (Å²) < 4.78 is 43.1. The lowest BCUT2D eigenvalue weighted by molar-refractivity contribution is -0.137. The van der Waals surface area contributed by atoms with Crippen molar-refractivity contribution in [3.05, 3.63) is 88.7 Å². The van der Waals surface area contributed by atoms with Gasteiger partial charge in [0.2, 0.25) is 5.88 Å². The molecule has 0 unspecified atom stereocenters. The number of hydrogen-bond acceptors (Lipinski definition) is 6. The lowest BCUT2D eigenvalue weighted by Crippen LogP contribution is -2.06. The fourth-order valence-electron chi connectivity index (χ4n) is 3.33. The van der Waals surface area contributed by atoms with Gasteiger partial charge in [-0.2, -0.15) is 18.4 Å². The summed E-state index contributed by atoms with van der Waals surface area (Å²) >= 11 is 0. The van der Waals surface area contributed by atoms with Gasteiger partial charge >= 0.3 is 6.18 Å². The van der Waals surface area contributed by atoms with E-state index in [-0.39, 0.29) is 0 Å². The zero-order valence-corrected chi connectivity index (χ0v) is 17.5. The third-order valence-corrected chi connectivity index (χ3v) is 5.07. The summed E-state index contributed by atoms with van der Waals surface area (Å²) in [6, 6.07) is 14.5. The zero-order valence-electron chi connectivity index (χ0n) is 17.5. The Morgan fingerprint density at radius 3 is 2.36 bits per heavy atom. The number of nitrogens with one attached hydrogen (secondary N) is 1. The van der Waals surface area contributed by atoms with Gasteiger partial charge in [-0.1, -0.05) is 24.3 Å². The Hall–Kier alpha value is -4.19. The van der Waals surface area contributed by atoms with Crippen LogP contribution in [0.3, 0.4) is 0 Å². The monoisotopic (exact) mass is 449 g/mol. The van der Waals surface area contributed by atoms with E-state index in [1.165, 1.54) is 25.4 Å². The summed E-state index contributed by atoms with van der Waals surface area (Å²) in [5, 5.41) is 12.8. The number of hydrogen-bond donors (Lipinski definition) is 1. The first-order chi connectivity index (χ1) is 15.9. The van der Waals surface area contributed by atoms with E-state index in [9.17, 15) is 18.4 Å². The smallest absolute Gasteiger partial charge is 0.416 e. The Bertz CT molecular complexity index is 1310. The second-order valence-electron chi connectivity index (χ2n) is 7.27. The number of pyridine rings is 1. The molecule has 0 aliphatic heterocycles. The number of methoxy groups -OCH3 is 1. The van der Waals surface area contributed by atoms with E-state index >= 15 is 0 Å². The summed E-state index contributed by atoms with van der Waals surface area (Å²) in [6.07, 6.45) is -0.677. The SMILES string of the molecule is COc1cnc2ccc(Cc3ccc(NCc4ccc(C(F)(F)F)cc4)nc3)c(C#N)c2n1. The van der Waals surface area contributed by atoms with Gasteiger partial charge in [0.05, 0.1) is 30.0 Å². The van der Waals surface area contributed by atoms with E-state index < -0.39 is 11.7 Å². The Morgan fingerprint density at radius 2 is 1.73 bits per heavy atom. The molecule has 0 amide bonds. The molecule has 0 bridgehead atoms. The Labute approximate surface area is 187 Å². The molecule has 0 fully saturated rings. The fraction of sp³-hybridized carbons (Fsp3) is 0.167. The van der Waals surface area contributed by atoms with Crippen LogP contribution in [0.25, 0.3) is 11.0 Å². The molecule has 2 heterocycles. The second kappa shape index (κ2) is 9.12. The molecule has 2 aromatic heterocycles. The number of halogens is 3. The summed E-state index contributed by atoms with van der Waals surface area (Å²) in [5.41, 5.74) is 3.24. The average Bonchev–Trinajstić information content (AvgIpc) is 2.82. The number of alkyl halides is 3. The van der Waals surface area contributed by atoms with Crippen LogP contribution in [0.4, 0.5) is 19.0 Å². The molecule has 0 aliphatic rings. The van der Waals surface area contributed by atoms with Crippen LogP contribution < -0.4 is 10.1 Å². The summed E-state index contributed by atoms with van der Waals surface area (Å²) in [6.45, 7) is 0.342. The van der Waals surface area contributed by atoms with Gasteiger partial charge in [-0.15, -0.1) is 0 Å². The molecule has 0 spiro atoms. The Balaban J connectivity index is 1.45. The van der Waals surface area contributed by atoms with Gasteiger partial charge in [0.25, 0.3) is 0 Å². The normalized spacial score (nSPS) is 11.2. The van der Waals surface area contributed by atoms with Gasteiger partial charge in [-0.3, -0.25) is 0 Å². The van der Waals surface area contributed by atoms with Crippen molar-refractivity contribution in [1.82, 2.24) is 15.0 Å². The molecule has 0 aliphatic carbocycles. The van der Waals surface area contributed by atoms with Crippen molar-refractivity contribution >= 4 is 16.9 Å². The minimum Gasteiger partial charge on any atom is -0.480 e. The van der Waals surface area contributed by atoms with Gasteiger partial charge < -0.3 is 10.1 Å². The number of ether oxygens (including phenoxy) is 1. The number of nitrogens with zero attached hydrogens (tertiary/aromatic N) is 4. The fourth-order valence-corrected chi connectivity index (χ4v) is 3.33. The van der Waals surface area contributed by atoms with Crippen LogP contribution in [-0.2, 0) is 19.1 Å². The summed E-state index contributed by atoms with van der Waals surface area (Å²) in [5.74, 6) is 0.926. The molecular weight excluding hydrogens is 431 g/mol. The highest BCUT2D eigenvalue weighted by atomic mass is 19.4. The van der Waals surface area contributed by atoms with Crippen molar-refractivity contribution < 1.29 is 17.9 Å². The highest BCUT2D eigenvalue weighted by molar-refractivity contribution is 5.82. The highest BCUT2D eigenvalue weighted by Crippen LogP contribution is 2.29. The lowest BCUT2D eigenvalue weighted by atomic mass is 10.00. The zero-order chi connectivity index (χ0) is 23.4. The van der Waals surface area contributed by atoms with Crippen molar-refractivity contribution in [1.29, 1.82) is 5.26 Å². The predicted molar refractivity (Wildman–Crippen MR) is 117 cm³/mol. The van der Waals surface area contributed by atoms with Crippen molar-refractivity contribution in [2.24, 2.45) is 0 Å². The quantitative estimate of drug-likeness (QED) is 0.440. The number of anilines is 1. The highest BCUT2D eigenvalue weighted by Gasteiger charge is 2.29. The van der Waals surface area contributed by atoms with Crippen molar-refractivity contribution in [2.45, 2.75) is 19.1 Å².